The van der Waals surface area contributed by atoms with E-state index in [0.717, 1.165) is 19.5 Å². The molecule has 0 radical (unpaired) electrons. The van der Waals surface area contributed by atoms with Crippen LogP contribution in [0.15, 0.2) is 0 Å². The highest BCUT2D eigenvalue weighted by atomic mass is 16.4. The number of carboxylic acids is 1. The summed E-state index contributed by atoms with van der Waals surface area (Å²) in [7, 11) is 0. The smallest absolute Gasteiger partial charge is 0.326 e. The number of carbonyl (C=O) groups excluding carboxylic acids is 1. The SMILES string of the molecule is CCC(C)N1CCN(C(=O)N[C@H](CC)C(=O)O)CC1. The van der Waals surface area contributed by atoms with Gasteiger partial charge >= 0.3 is 12.0 Å². The van der Waals surface area contributed by atoms with Gasteiger partial charge in [-0.15, -0.1) is 0 Å². The van der Waals surface area contributed by atoms with Crippen molar-refractivity contribution in [2.75, 3.05) is 26.2 Å². The van der Waals surface area contributed by atoms with E-state index < -0.39 is 12.0 Å². The Hall–Kier alpha value is -1.30. The monoisotopic (exact) mass is 271 g/mol. The molecule has 110 valence electrons. The molecule has 0 aromatic rings. The van der Waals surface area contributed by atoms with Crippen LogP contribution in [0.4, 0.5) is 4.79 Å². The molecular weight excluding hydrogens is 246 g/mol. The number of rotatable bonds is 5. The number of amides is 2. The van der Waals surface area contributed by atoms with Crippen molar-refractivity contribution in [3.8, 4) is 0 Å². The summed E-state index contributed by atoms with van der Waals surface area (Å²) < 4.78 is 0. The van der Waals surface area contributed by atoms with E-state index in [-0.39, 0.29) is 6.03 Å². The summed E-state index contributed by atoms with van der Waals surface area (Å²) in [6.45, 7) is 9.12. The molecule has 1 heterocycles. The van der Waals surface area contributed by atoms with E-state index in [1.807, 2.05) is 0 Å². The van der Waals surface area contributed by atoms with Crippen LogP contribution in [0, 0.1) is 0 Å². The Morgan fingerprint density at radius 3 is 2.16 bits per heavy atom. The lowest BCUT2D eigenvalue weighted by Crippen LogP contribution is -2.55. The van der Waals surface area contributed by atoms with Gasteiger partial charge in [0.15, 0.2) is 0 Å². The summed E-state index contributed by atoms with van der Waals surface area (Å²) in [6, 6.07) is -0.522. The normalized spacial score (nSPS) is 19.8. The lowest BCUT2D eigenvalue weighted by atomic mass is 10.2. The van der Waals surface area contributed by atoms with E-state index in [1.54, 1.807) is 11.8 Å². The Kier molecular flexibility index (Phi) is 6.08. The average Bonchev–Trinajstić information content (AvgIpc) is 2.43. The molecule has 1 rings (SSSR count). The molecule has 1 unspecified atom stereocenters. The highest BCUT2D eigenvalue weighted by Gasteiger charge is 2.26. The summed E-state index contributed by atoms with van der Waals surface area (Å²) in [6.07, 6.45) is 1.50. The van der Waals surface area contributed by atoms with Crippen LogP contribution in [0.3, 0.4) is 0 Å². The largest absolute Gasteiger partial charge is 0.480 e. The van der Waals surface area contributed by atoms with E-state index >= 15 is 0 Å². The molecule has 0 spiro atoms. The molecule has 2 atom stereocenters. The van der Waals surface area contributed by atoms with Gasteiger partial charge in [-0.05, 0) is 19.8 Å². The third-order valence-corrected chi connectivity index (χ3v) is 3.82. The first-order chi connectivity index (χ1) is 8.99. The maximum Gasteiger partial charge on any atom is 0.326 e. The van der Waals surface area contributed by atoms with Crippen LogP contribution in [0.5, 0.6) is 0 Å². The summed E-state index contributed by atoms with van der Waals surface area (Å²) in [5.74, 6) is -0.978. The van der Waals surface area contributed by atoms with E-state index in [9.17, 15) is 9.59 Å². The Morgan fingerprint density at radius 1 is 1.16 bits per heavy atom. The summed E-state index contributed by atoms with van der Waals surface area (Å²) in [5, 5.41) is 11.5. The molecular formula is C13H25N3O3. The Balaban J connectivity index is 2.42. The summed E-state index contributed by atoms with van der Waals surface area (Å²) >= 11 is 0. The first-order valence-corrected chi connectivity index (χ1v) is 7.01. The molecule has 6 nitrogen and oxygen atoms in total. The van der Waals surface area contributed by atoms with Gasteiger partial charge in [-0.25, -0.2) is 9.59 Å². The Labute approximate surface area is 114 Å². The zero-order chi connectivity index (χ0) is 14.4. The number of nitrogens with one attached hydrogen (secondary N) is 1. The van der Waals surface area contributed by atoms with E-state index in [0.29, 0.717) is 25.6 Å². The zero-order valence-corrected chi connectivity index (χ0v) is 12.1. The standard InChI is InChI=1S/C13H25N3O3/c1-4-10(3)15-6-8-16(9-7-15)13(19)14-11(5-2)12(17)18/h10-11H,4-9H2,1-3H3,(H,14,19)(H,17,18)/t10?,11-/m1/s1. The third kappa shape index (κ3) is 4.38. The molecule has 0 aromatic carbocycles. The molecule has 0 saturated carbocycles. The minimum Gasteiger partial charge on any atom is -0.480 e. The molecule has 1 saturated heterocycles. The number of piperazine rings is 1. The van der Waals surface area contributed by atoms with Gasteiger partial charge in [0.25, 0.3) is 0 Å². The number of aliphatic carboxylic acids is 1. The number of hydrogen-bond donors (Lipinski definition) is 2. The molecule has 0 aliphatic carbocycles. The van der Waals surface area contributed by atoms with Crippen molar-refractivity contribution in [2.45, 2.75) is 45.7 Å². The van der Waals surface area contributed by atoms with Crippen molar-refractivity contribution < 1.29 is 14.7 Å². The minimum absolute atomic E-state index is 0.266. The average molecular weight is 271 g/mol. The van der Waals surface area contributed by atoms with Gasteiger partial charge in [0.05, 0.1) is 0 Å². The fraction of sp³-hybridized carbons (Fsp3) is 0.846. The quantitative estimate of drug-likeness (QED) is 0.781. The first kappa shape index (κ1) is 15.8. The highest BCUT2D eigenvalue weighted by molar-refractivity contribution is 5.82. The van der Waals surface area contributed by atoms with Crippen molar-refractivity contribution in [3.63, 3.8) is 0 Å². The maximum absolute atomic E-state index is 12.0. The van der Waals surface area contributed by atoms with Crippen LogP contribution in [0.1, 0.15) is 33.6 Å². The minimum atomic E-state index is -0.978. The molecule has 2 amide bonds. The molecule has 6 heteroatoms. The second kappa shape index (κ2) is 7.33. The fourth-order valence-electron chi connectivity index (χ4n) is 2.20. The van der Waals surface area contributed by atoms with Crippen LogP contribution in [0.25, 0.3) is 0 Å². The van der Waals surface area contributed by atoms with E-state index in [2.05, 4.69) is 24.1 Å². The predicted molar refractivity (Wildman–Crippen MR) is 73.1 cm³/mol. The second-order valence-corrected chi connectivity index (χ2v) is 5.03. The molecule has 1 aliphatic heterocycles. The van der Waals surface area contributed by atoms with Crippen molar-refractivity contribution in [2.24, 2.45) is 0 Å². The zero-order valence-electron chi connectivity index (χ0n) is 12.1. The number of carbonyl (C=O) groups is 2. The van der Waals surface area contributed by atoms with Gasteiger partial charge in [-0.2, -0.15) is 0 Å². The third-order valence-electron chi connectivity index (χ3n) is 3.82. The van der Waals surface area contributed by atoms with Crippen LogP contribution in [-0.2, 0) is 4.79 Å². The highest BCUT2D eigenvalue weighted by Crippen LogP contribution is 2.09. The number of carboxylic acid groups (broad SMARTS) is 1. The van der Waals surface area contributed by atoms with Gasteiger partial charge < -0.3 is 15.3 Å². The van der Waals surface area contributed by atoms with Crippen LogP contribution < -0.4 is 5.32 Å². The van der Waals surface area contributed by atoms with Crippen LogP contribution in [0.2, 0.25) is 0 Å². The van der Waals surface area contributed by atoms with E-state index in [4.69, 9.17) is 5.11 Å². The second-order valence-electron chi connectivity index (χ2n) is 5.03. The molecule has 19 heavy (non-hydrogen) atoms. The van der Waals surface area contributed by atoms with Crippen molar-refractivity contribution >= 4 is 12.0 Å². The van der Waals surface area contributed by atoms with Crippen molar-refractivity contribution in [3.05, 3.63) is 0 Å². The number of nitrogens with zero attached hydrogens (tertiary/aromatic N) is 2. The van der Waals surface area contributed by atoms with E-state index in [1.165, 1.54) is 0 Å². The van der Waals surface area contributed by atoms with Crippen molar-refractivity contribution in [1.82, 2.24) is 15.1 Å². The lowest BCUT2D eigenvalue weighted by Gasteiger charge is -2.38. The molecule has 0 bridgehead atoms. The van der Waals surface area contributed by atoms with Crippen LogP contribution in [-0.4, -0.2) is 65.2 Å². The predicted octanol–water partition coefficient (Wildman–Crippen LogP) is 0.975. The summed E-state index contributed by atoms with van der Waals surface area (Å²) in [5.41, 5.74) is 0. The van der Waals surface area contributed by atoms with Gasteiger partial charge in [-0.1, -0.05) is 13.8 Å². The lowest BCUT2D eigenvalue weighted by molar-refractivity contribution is -0.139. The Bertz CT molecular complexity index is 314. The number of hydrogen-bond acceptors (Lipinski definition) is 3. The molecule has 1 aliphatic rings. The van der Waals surface area contributed by atoms with Gasteiger partial charge in [0, 0.05) is 32.2 Å². The van der Waals surface area contributed by atoms with Crippen molar-refractivity contribution in [1.29, 1.82) is 0 Å². The molecule has 2 N–H and O–H groups in total. The molecule has 1 fully saturated rings. The maximum atomic E-state index is 12.0. The van der Waals surface area contributed by atoms with Gasteiger partial charge in [-0.3, -0.25) is 4.90 Å². The summed E-state index contributed by atoms with van der Waals surface area (Å²) in [4.78, 5) is 26.9. The Morgan fingerprint density at radius 2 is 1.74 bits per heavy atom. The van der Waals surface area contributed by atoms with Gasteiger partial charge in [0.2, 0.25) is 0 Å². The topological polar surface area (TPSA) is 72.9 Å². The first-order valence-electron chi connectivity index (χ1n) is 7.01. The fourth-order valence-corrected chi connectivity index (χ4v) is 2.20. The number of urea groups is 1. The molecule has 0 aromatic heterocycles. The van der Waals surface area contributed by atoms with Gasteiger partial charge in [0.1, 0.15) is 6.04 Å². The van der Waals surface area contributed by atoms with Crippen LogP contribution >= 0.6 is 0 Å².